The van der Waals surface area contributed by atoms with Crippen molar-refractivity contribution in [1.29, 1.82) is 0 Å². The fraction of sp³-hybridized carbons (Fsp3) is 0.700. The summed E-state index contributed by atoms with van der Waals surface area (Å²) < 4.78 is 24.1. The summed E-state index contributed by atoms with van der Waals surface area (Å²) in [5, 5.41) is 3.16. The van der Waals surface area contributed by atoms with E-state index >= 15 is 0 Å². The lowest BCUT2D eigenvalue weighted by Crippen LogP contribution is -2.36. The Morgan fingerprint density at radius 2 is 2.12 bits per heavy atom. The molecule has 1 amide bonds. The Hall–Kier alpha value is -0.880. The average Bonchev–Trinajstić information content (AvgIpc) is 2.58. The summed E-state index contributed by atoms with van der Waals surface area (Å²) >= 11 is 0. The molecule has 1 N–H and O–H groups in total. The molecule has 2 heterocycles. The third-order valence-corrected chi connectivity index (χ3v) is 4.15. The van der Waals surface area contributed by atoms with Gasteiger partial charge in [0.1, 0.15) is 0 Å². The Balaban J connectivity index is 2.47. The van der Waals surface area contributed by atoms with E-state index in [0.29, 0.717) is 12.2 Å². The molecule has 0 radical (unpaired) electrons. The van der Waals surface area contributed by atoms with E-state index in [9.17, 15) is 13.2 Å². The number of hydrogen-bond donors (Lipinski definition) is 1. The highest BCUT2D eigenvalue weighted by atomic mass is 32.2. The van der Waals surface area contributed by atoms with Gasteiger partial charge < -0.3 is 5.32 Å². The van der Waals surface area contributed by atoms with Gasteiger partial charge in [0, 0.05) is 6.54 Å². The third-order valence-electron chi connectivity index (χ3n) is 3.10. The summed E-state index contributed by atoms with van der Waals surface area (Å²) in [6.07, 6.45) is 2.86. The monoisotopic (exact) mass is 244 g/mol. The van der Waals surface area contributed by atoms with Crippen LogP contribution in [0.15, 0.2) is 11.8 Å². The van der Waals surface area contributed by atoms with Gasteiger partial charge in [0.05, 0.1) is 23.9 Å². The van der Waals surface area contributed by atoms with Crippen molar-refractivity contribution in [1.82, 2.24) is 9.62 Å². The van der Waals surface area contributed by atoms with E-state index in [2.05, 4.69) is 5.32 Å². The molecule has 1 fully saturated rings. The molecular weight excluding hydrogens is 228 g/mol. The van der Waals surface area contributed by atoms with Gasteiger partial charge in [0.2, 0.25) is 15.9 Å². The minimum absolute atomic E-state index is 0.123. The summed E-state index contributed by atoms with van der Waals surface area (Å²) in [5.74, 6) is -0.456. The molecule has 1 saturated heterocycles. The van der Waals surface area contributed by atoms with Crippen molar-refractivity contribution in [3.8, 4) is 0 Å². The van der Waals surface area contributed by atoms with Crippen molar-refractivity contribution < 1.29 is 13.2 Å². The number of carbonyl (C=O) groups is 1. The Bertz CT molecular complexity index is 453. The van der Waals surface area contributed by atoms with E-state index in [-0.39, 0.29) is 23.8 Å². The van der Waals surface area contributed by atoms with Crippen LogP contribution in [0.3, 0.4) is 0 Å². The maximum absolute atomic E-state index is 12.1. The predicted molar refractivity (Wildman–Crippen MR) is 59.9 cm³/mol. The van der Waals surface area contributed by atoms with Crippen molar-refractivity contribution in [3.63, 3.8) is 0 Å². The summed E-state index contributed by atoms with van der Waals surface area (Å²) in [6, 6.07) is -0.137. The average molecular weight is 244 g/mol. The largest absolute Gasteiger partial charge is 0.304 e. The van der Waals surface area contributed by atoms with Crippen LogP contribution in [0.25, 0.3) is 0 Å². The van der Waals surface area contributed by atoms with Crippen molar-refractivity contribution in [2.75, 3.05) is 12.8 Å². The Labute approximate surface area is 95.6 Å². The highest BCUT2D eigenvalue weighted by molar-refractivity contribution is 7.89. The van der Waals surface area contributed by atoms with E-state index in [0.717, 1.165) is 10.6 Å². The molecular formula is C10H16N2O3S. The van der Waals surface area contributed by atoms with Crippen LogP contribution in [-0.2, 0) is 14.8 Å². The second-order valence-corrected chi connectivity index (χ2v) is 6.48. The maximum Gasteiger partial charge on any atom is 0.245 e. The van der Waals surface area contributed by atoms with Crippen LogP contribution >= 0.6 is 0 Å². The fourth-order valence-electron chi connectivity index (χ4n) is 2.47. The van der Waals surface area contributed by atoms with Gasteiger partial charge in [-0.1, -0.05) is 13.8 Å². The van der Waals surface area contributed by atoms with E-state index < -0.39 is 10.0 Å². The first-order chi connectivity index (χ1) is 7.34. The molecule has 0 aromatic rings. The first kappa shape index (κ1) is 11.6. The van der Waals surface area contributed by atoms with Gasteiger partial charge in [-0.05, 0) is 12.0 Å². The van der Waals surface area contributed by atoms with Crippen LogP contribution in [0, 0.1) is 11.8 Å². The third kappa shape index (κ3) is 1.56. The number of nitrogens with zero attached hydrogens (tertiary/aromatic N) is 1. The Morgan fingerprint density at radius 1 is 1.50 bits per heavy atom. The highest BCUT2D eigenvalue weighted by Gasteiger charge is 2.50. The number of amides is 1. The van der Waals surface area contributed by atoms with Crippen LogP contribution < -0.4 is 5.32 Å². The van der Waals surface area contributed by atoms with Crippen molar-refractivity contribution in [2.24, 2.45) is 11.8 Å². The normalized spacial score (nSPS) is 29.9. The minimum atomic E-state index is -3.50. The molecule has 0 saturated carbocycles. The van der Waals surface area contributed by atoms with Crippen LogP contribution in [0.1, 0.15) is 13.8 Å². The number of fused-ring (bicyclic) bond motifs is 1. The first-order valence-corrected chi connectivity index (χ1v) is 7.16. The molecule has 90 valence electrons. The number of nitrogens with one attached hydrogen (secondary N) is 1. The quantitative estimate of drug-likeness (QED) is 0.737. The fourth-order valence-corrected chi connectivity index (χ4v) is 3.49. The molecule has 0 aromatic heterocycles. The molecule has 2 aliphatic heterocycles. The SMILES string of the molecule is CC(C)C1C(=O)N(S(C)(=O)=O)C2=CCNC21. The molecule has 16 heavy (non-hydrogen) atoms. The molecule has 5 nitrogen and oxygen atoms in total. The molecule has 2 unspecified atom stereocenters. The second-order valence-electron chi connectivity index (χ2n) is 4.65. The molecule has 2 atom stereocenters. The number of hydrogen-bond acceptors (Lipinski definition) is 4. The smallest absolute Gasteiger partial charge is 0.245 e. The first-order valence-electron chi connectivity index (χ1n) is 5.31. The predicted octanol–water partition coefficient (Wildman–Crippen LogP) is -0.0839. The molecule has 6 heteroatoms. The zero-order valence-electron chi connectivity index (χ0n) is 9.60. The summed E-state index contributed by atoms with van der Waals surface area (Å²) in [7, 11) is -3.50. The second kappa shape index (κ2) is 3.56. The zero-order valence-corrected chi connectivity index (χ0v) is 10.4. The minimum Gasteiger partial charge on any atom is -0.304 e. The lowest BCUT2D eigenvalue weighted by atomic mass is 9.90. The van der Waals surface area contributed by atoms with E-state index in [1.54, 1.807) is 6.08 Å². The van der Waals surface area contributed by atoms with Crippen LogP contribution in [-0.4, -0.2) is 37.5 Å². The van der Waals surface area contributed by atoms with Crippen LogP contribution in [0.5, 0.6) is 0 Å². The van der Waals surface area contributed by atoms with Crippen molar-refractivity contribution in [3.05, 3.63) is 11.8 Å². The van der Waals surface area contributed by atoms with Crippen molar-refractivity contribution in [2.45, 2.75) is 19.9 Å². The molecule has 0 spiro atoms. The number of rotatable bonds is 2. The van der Waals surface area contributed by atoms with E-state index in [1.165, 1.54) is 0 Å². The molecule has 0 aliphatic carbocycles. The van der Waals surface area contributed by atoms with Crippen LogP contribution in [0.4, 0.5) is 0 Å². The van der Waals surface area contributed by atoms with Gasteiger partial charge in [0.25, 0.3) is 0 Å². The lowest BCUT2D eigenvalue weighted by molar-refractivity contribution is -0.127. The molecule has 2 rings (SSSR count). The Morgan fingerprint density at radius 3 is 2.62 bits per heavy atom. The number of sulfonamides is 1. The standard InChI is InChI=1S/C10H16N2O3S/c1-6(2)8-9-7(4-5-11-9)12(10(8)13)16(3,14)15/h4,6,8-9,11H,5H2,1-3H3. The lowest BCUT2D eigenvalue weighted by Gasteiger charge is -2.18. The molecule has 0 bridgehead atoms. The van der Waals surface area contributed by atoms with Crippen molar-refractivity contribution >= 4 is 15.9 Å². The van der Waals surface area contributed by atoms with Crippen LogP contribution in [0.2, 0.25) is 0 Å². The summed E-state index contributed by atoms with van der Waals surface area (Å²) in [4.78, 5) is 12.1. The number of carbonyl (C=O) groups excluding carboxylic acids is 1. The van der Waals surface area contributed by atoms with E-state index in [4.69, 9.17) is 0 Å². The summed E-state index contributed by atoms with van der Waals surface area (Å²) in [6.45, 7) is 4.50. The maximum atomic E-state index is 12.1. The topological polar surface area (TPSA) is 66.5 Å². The Kier molecular flexibility index (Phi) is 2.58. The van der Waals surface area contributed by atoms with E-state index in [1.807, 2.05) is 13.8 Å². The van der Waals surface area contributed by atoms with Gasteiger partial charge in [-0.3, -0.25) is 4.79 Å². The zero-order chi connectivity index (χ0) is 12.1. The summed E-state index contributed by atoms with van der Waals surface area (Å²) in [5.41, 5.74) is 0.603. The highest BCUT2D eigenvalue weighted by Crippen LogP contribution is 2.36. The molecule has 2 aliphatic rings. The van der Waals surface area contributed by atoms with Gasteiger partial charge in [-0.2, -0.15) is 0 Å². The van der Waals surface area contributed by atoms with Gasteiger partial charge in [-0.25, -0.2) is 12.7 Å². The van der Waals surface area contributed by atoms with Gasteiger partial charge in [-0.15, -0.1) is 0 Å². The molecule has 0 aromatic carbocycles. The van der Waals surface area contributed by atoms with Gasteiger partial charge in [0.15, 0.2) is 0 Å². The van der Waals surface area contributed by atoms with Gasteiger partial charge >= 0.3 is 0 Å².